The Labute approximate surface area is 258 Å². The van der Waals surface area contributed by atoms with Gasteiger partial charge in [0.2, 0.25) is 0 Å². The molecule has 0 radical (unpaired) electrons. The normalized spacial score (nSPS) is 34.5. The number of aliphatic hydroxyl groups is 2. The van der Waals surface area contributed by atoms with Crippen molar-refractivity contribution in [3.63, 3.8) is 0 Å². The molecule has 40 heavy (non-hydrogen) atoms. The predicted molar refractivity (Wildman–Crippen MR) is 160 cm³/mol. The summed E-state index contributed by atoms with van der Waals surface area (Å²) in [7, 11) is 0. The van der Waals surface area contributed by atoms with Crippen LogP contribution in [0.15, 0.2) is 0 Å². The van der Waals surface area contributed by atoms with E-state index in [1.54, 1.807) is 6.92 Å². The standard InChI is InChI=1S/C26H48O6.C5H10.2CH3.Fe/c1-5-21-14-24(13-20(28)11-17(3)27)30-22(6-2)15-25(31-21)16-23-12-18(4)29-26(32-23)19-9-7-8-10-19;1-2-4-5-3-1;;;/h17-28H,5-16H2,1-4H3;1-5H2;2*1H3;/q;;2*-1;+2. The molecular weight excluding hydrogens is 548 g/mol. The molecule has 4 fully saturated rings. The van der Waals surface area contributed by atoms with Gasteiger partial charge in [0.25, 0.3) is 0 Å². The Balaban J connectivity index is 0.00000171. The summed E-state index contributed by atoms with van der Waals surface area (Å²) in [4.78, 5) is 0. The van der Waals surface area contributed by atoms with Gasteiger partial charge in [0.1, 0.15) is 0 Å². The van der Waals surface area contributed by atoms with Crippen molar-refractivity contribution in [2.45, 2.75) is 192 Å². The maximum Gasteiger partial charge on any atom is 2.00 e. The third-order valence-corrected chi connectivity index (χ3v) is 8.73. The van der Waals surface area contributed by atoms with Gasteiger partial charge in [-0.1, -0.05) is 58.8 Å². The van der Waals surface area contributed by atoms with Gasteiger partial charge >= 0.3 is 17.1 Å². The van der Waals surface area contributed by atoms with Crippen LogP contribution >= 0.6 is 0 Å². The first-order valence-electron chi connectivity index (χ1n) is 15.8. The summed E-state index contributed by atoms with van der Waals surface area (Å²) < 4.78 is 25.7. The summed E-state index contributed by atoms with van der Waals surface area (Å²) in [5.41, 5.74) is 0. The molecule has 2 saturated heterocycles. The fourth-order valence-corrected chi connectivity index (χ4v) is 6.69. The molecule has 240 valence electrons. The molecule has 9 atom stereocenters. The van der Waals surface area contributed by atoms with E-state index in [1.807, 2.05) is 0 Å². The maximum absolute atomic E-state index is 10.4. The van der Waals surface area contributed by atoms with Crippen LogP contribution in [0.4, 0.5) is 0 Å². The fraction of sp³-hybridized carbons (Fsp3) is 0.939. The molecule has 2 saturated carbocycles. The first-order valence-corrected chi connectivity index (χ1v) is 15.8. The Bertz CT molecular complexity index is 574. The maximum atomic E-state index is 10.4. The van der Waals surface area contributed by atoms with Crippen LogP contribution in [-0.4, -0.2) is 65.3 Å². The van der Waals surface area contributed by atoms with Gasteiger partial charge in [0, 0.05) is 12.3 Å². The zero-order valence-electron chi connectivity index (χ0n) is 26.7. The van der Waals surface area contributed by atoms with Crippen molar-refractivity contribution in [3.8, 4) is 0 Å². The quantitative estimate of drug-likeness (QED) is 0.207. The zero-order valence-corrected chi connectivity index (χ0v) is 27.8. The second kappa shape index (κ2) is 21.9. The Morgan fingerprint density at radius 1 is 0.675 bits per heavy atom. The van der Waals surface area contributed by atoms with Crippen molar-refractivity contribution in [1.82, 2.24) is 0 Å². The summed E-state index contributed by atoms with van der Waals surface area (Å²) in [6.07, 6.45) is 18.4. The number of ether oxygens (including phenoxy) is 4. The molecule has 0 bridgehead atoms. The molecule has 0 aromatic rings. The monoisotopic (exact) mass is 612 g/mol. The van der Waals surface area contributed by atoms with Crippen LogP contribution in [-0.2, 0) is 36.0 Å². The Hall–Kier alpha value is 0.279. The summed E-state index contributed by atoms with van der Waals surface area (Å²) in [5, 5.41) is 20.0. The van der Waals surface area contributed by atoms with Crippen LogP contribution in [0.2, 0.25) is 0 Å². The van der Waals surface area contributed by atoms with Crippen molar-refractivity contribution >= 4 is 0 Å². The predicted octanol–water partition coefficient (Wildman–Crippen LogP) is 7.58. The molecule has 2 aliphatic carbocycles. The van der Waals surface area contributed by atoms with E-state index in [0.29, 0.717) is 18.8 Å². The molecular formula is C33H64FeO6. The summed E-state index contributed by atoms with van der Waals surface area (Å²) in [6.45, 7) is 8.21. The second-order valence-corrected chi connectivity index (χ2v) is 12.4. The van der Waals surface area contributed by atoms with Crippen molar-refractivity contribution < 1.29 is 46.2 Å². The van der Waals surface area contributed by atoms with Gasteiger partial charge in [-0.3, -0.25) is 0 Å². The minimum atomic E-state index is -0.546. The molecule has 6 nitrogen and oxygen atoms in total. The molecule has 0 spiro atoms. The van der Waals surface area contributed by atoms with Crippen LogP contribution in [0.5, 0.6) is 0 Å². The fourth-order valence-electron chi connectivity index (χ4n) is 6.69. The van der Waals surface area contributed by atoms with Crippen molar-refractivity contribution in [3.05, 3.63) is 14.9 Å². The van der Waals surface area contributed by atoms with Gasteiger partial charge < -0.3 is 44.0 Å². The number of aliphatic hydroxyl groups excluding tert-OH is 2. The SMILES string of the molecule is C1CCCC1.CCC1CC(CC2CC(C)OC(C3CCCC3)O2)OC(CC)CC(CC(O)CC(C)O)O1.[CH3-].[CH3-].[Fe+2]. The van der Waals surface area contributed by atoms with E-state index in [4.69, 9.17) is 18.9 Å². The number of rotatable bonds is 9. The molecule has 0 amide bonds. The minimum Gasteiger partial charge on any atom is -0.393 e. The summed E-state index contributed by atoms with van der Waals surface area (Å²) >= 11 is 0. The third kappa shape index (κ3) is 14.6. The Morgan fingerprint density at radius 3 is 1.70 bits per heavy atom. The second-order valence-electron chi connectivity index (χ2n) is 12.4. The van der Waals surface area contributed by atoms with E-state index in [-0.39, 0.29) is 74.8 Å². The Morgan fingerprint density at radius 2 is 1.18 bits per heavy atom. The van der Waals surface area contributed by atoms with Crippen LogP contribution in [0.1, 0.15) is 137 Å². The van der Waals surface area contributed by atoms with Gasteiger partial charge in [-0.2, -0.15) is 0 Å². The Kier molecular flexibility index (Phi) is 22.0. The van der Waals surface area contributed by atoms with E-state index < -0.39 is 12.2 Å². The first kappa shape index (κ1) is 40.3. The first-order chi connectivity index (χ1) is 17.9. The smallest absolute Gasteiger partial charge is 0.393 e. The summed E-state index contributed by atoms with van der Waals surface area (Å²) in [5.74, 6) is 0.544. The van der Waals surface area contributed by atoms with Crippen LogP contribution in [0.25, 0.3) is 0 Å². The molecule has 4 aliphatic rings. The molecule has 2 heterocycles. The molecule has 9 unspecified atom stereocenters. The van der Waals surface area contributed by atoms with Crippen molar-refractivity contribution in [2.75, 3.05) is 0 Å². The third-order valence-electron chi connectivity index (χ3n) is 8.73. The van der Waals surface area contributed by atoms with Gasteiger partial charge in [-0.15, -0.1) is 0 Å². The zero-order chi connectivity index (χ0) is 26.6. The molecule has 2 N–H and O–H groups in total. The molecule has 4 rings (SSSR count). The molecule has 2 aliphatic heterocycles. The largest absolute Gasteiger partial charge is 2.00 e. The molecule has 0 aromatic heterocycles. The number of hydrogen-bond donors (Lipinski definition) is 2. The van der Waals surface area contributed by atoms with Crippen molar-refractivity contribution in [2.24, 2.45) is 5.92 Å². The topological polar surface area (TPSA) is 77.4 Å². The van der Waals surface area contributed by atoms with Gasteiger partial charge in [0.05, 0.1) is 48.8 Å². The van der Waals surface area contributed by atoms with Gasteiger partial charge in [-0.05, 0) is 71.6 Å². The van der Waals surface area contributed by atoms with Crippen LogP contribution < -0.4 is 0 Å². The number of hydrogen-bond acceptors (Lipinski definition) is 6. The van der Waals surface area contributed by atoms with E-state index in [1.165, 1.54) is 57.8 Å². The van der Waals surface area contributed by atoms with Crippen molar-refractivity contribution in [1.29, 1.82) is 0 Å². The van der Waals surface area contributed by atoms with E-state index in [0.717, 1.165) is 38.5 Å². The molecule has 7 heteroatoms. The minimum absolute atomic E-state index is 0. The van der Waals surface area contributed by atoms with E-state index in [9.17, 15) is 10.2 Å². The average Bonchev–Trinajstić information content (AvgIpc) is 3.58. The summed E-state index contributed by atoms with van der Waals surface area (Å²) in [6, 6.07) is 0. The van der Waals surface area contributed by atoms with E-state index in [2.05, 4.69) is 20.8 Å². The van der Waals surface area contributed by atoms with E-state index >= 15 is 0 Å². The van der Waals surface area contributed by atoms with Crippen LogP contribution in [0, 0.1) is 20.8 Å². The van der Waals surface area contributed by atoms with Gasteiger partial charge in [-0.25, -0.2) is 0 Å². The average molecular weight is 613 g/mol. The van der Waals surface area contributed by atoms with Gasteiger partial charge in [0.15, 0.2) is 6.29 Å². The molecule has 0 aromatic carbocycles. The van der Waals surface area contributed by atoms with Crippen LogP contribution in [0.3, 0.4) is 0 Å².